The fourth-order valence-corrected chi connectivity index (χ4v) is 11.7. The summed E-state index contributed by atoms with van der Waals surface area (Å²) in [5.74, 6) is -16.8. The van der Waals surface area contributed by atoms with Crippen LogP contribution in [-0.4, -0.2) is 80.7 Å². The Labute approximate surface area is 310 Å². The molecule has 0 aromatic heterocycles. The number of thioether (sulfide) groups is 2. The molecule has 0 amide bonds. The molecule has 0 saturated heterocycles. The number of halogens is 6. The molecule has 1 saturated carbocycles. The highest BCUT2D eigenvalue weighted by molar-refractivity contribution is 8.06. The minimum absolute atomic E-state index is 0.0152. The van der Waals surface area contributed by atoms with Crippen LogP contribution in [0, 0.1) is 10.4 Å². The minimum Gasteiger partial charge on any atom is -0.714 e. The van der Waals surface area contributed by atoms with E-state index in [9.17, 15) is 20.8 Å². The van der Waals surface area contributed by atoms with E-state index in [1.54, 1.807) is 69.2 Å². The molecule has 2 aromatic carbocycles. The van der Waals surface area contributed by atoms with E-state index in [1.807, 2.05) is 0 Å². The second kappa shape index (κ2) is 9.72. The van der Waals surface area contributed by atoms with Crippen molar-refractivity contribution in [1.82, 2.24) is 10.1 Å². The standard InChI is InChI=1S/C37H36F6N4O4S2/c1-29(2)30(3,4)45(49)27(44(29)48)17-11-13-19-21(15-17)52-33(9)23(19)25-26(36(40,41)37(42,43)35(25,38)39)24-20-14-12-18(16-22(20)53-34(24,33)10)28-46(50)31(5,6)32(7,8)47(28)51/h11-16H,1-10H3/t33-,34-/m0/s1. The molecule has 0 unspecified atom stereocenters. The highest BCUT2D eigenvalue weighted by atomic mass is 32.2. The lowest BCUT2D eigenvalue weighted by atomic mass is 9.68. The summed E-state index contributed by atoms with van der Waals surface area (Å²) < 4.78 is 93.9. The monoisotopic (exact) mass is 778 g/mol. The van der Waals surface area contributed by atoms with Crippen LogP contribution in [0.15, 0.2) is 57.3 Å². The van der Waals surface area contributed by atoms with Crippen LogP contribution in [0.4, 0.5) is 26.3 Å². The first kappa shape index (κ1) is 36.6. The van der Waals surface area contributed by atoms with Crippen molar-refractivity contribution < 1.29 is 46.2 Å². The molecule has 53 heavy (non-hydrogen) atoms. The molecular formula is C37H36F6N4O4S2. The first-order valence-electron chi connectivity index (χ1n) is 16.9. The van der Waals surface area contributed by atoms with Gasteiger partial charge in [0.2, 0.25) is 0 Å². The zero-order valence-electron chi connectivity index (χ0n) is 30.5. The number of hydrogen-bond acceptors (Lipinski definition) is 6. The van der Waals surface area contributed by atoms with E-state index in [-0.39, 0.29) is 54.9 Å². The average molecular weight is 779 g/mol. The SMILES string of the molecule is CC1(C)N([O])C(c2ccc3c(c2)S[C@@]2(C)C3=C3C(=C4c5ccc(C6=[N+]([O-])C(C)(C)C(C)(C)N6[O])cc5S[C@@]42C)C(F)(F)C(F)(F)C3(F)F)=[N+]([O-])C1(C)C. The van der Waals surface area contributed by atoms with Gasteiger partial charge in [-0.3, -0.25) is 9.48 Å². The lowest BCUT2D eigenvalue weighted by Crippen LogP contribution is -2.53. The van der Waals surface area contributed by atoms with E-state index in [4.69, 9.17) is 0 Å². The van der Waals surface area contributed by atoms with E-state index in [2.05, 4.69) is 0 Å². The number of fused-ring (bicyclic) bond motifs is 8. The second-order valence-corrected chi connectivity index (χ2v) is 19.9. The van der Waals surface area contributed by atoms with Gasteiger partial charge >= 0.3 is 29.4 Å². The Bertz CT molecular complexity index is 2090. The molecule has 282 valence electrons. The maximum Gasteiger partial charge on any atom is 0.380 e. The number of hydroxylamine groups is 6. The molecular weight excluding hydrogens is 743 g/mol. The largest absolute Gasteiger partial charge is 0.714 e. The van der Waals surface area contributed by atoms with Crippen LogP contribution < -0.4 is 0 Å². The Morgan fingerprint density at radius 1 is 0.547 bits per heavy atom. The number of benzene rings is 2. The topological polar surface area (TPSA) is 98.4 Å². The number of hydrogen-bond donors (Lipinski definition) is 0. The van der Waals surface area contributed by atoms with Crippen molar-refractivity contribution in [2.24, 2.45) is 0 Å². The van der Waals surface area contributed by atoms with Crippen LogP contribution in [0.3, 0.4) is 0 Å². The summed E-state index contributed by atoms with van der Waals surface area (Å²) in [5.41, 5.74) is -8.03. The number of alkyl halides is 6. The molecule has 8 nitrogen and oxygen atoms in total. The Morgan fingerprint density at radius 3 is 1.15 bits per heavy atom. The summed E-state index contributed by atoms with van der Waals surface area (Å²) in [6.07, 6.45) is 0. The maximum atomic E-state index is 16.2. The first-order valence-corrected chi connectivity index (χ1v) is 18.6. The van der Waals surface area contributed by atoms with Crippen molar-refractivity contribution >= 4 is 46.3 Å². The van der Waals surface area contributed by atoms with Gasteiger partial charge in [-0.2, -0.15) is 26.3 Å². The van der Waals surface area contributed by atoms with E-state index < -0.39 is 60.6 Å². The van der Waals surface area contributed by atoms with Crippen LogP contribution in [-0.2, 0) is 10.4 Å². The molecule has 8 rings (SSSR count). The van der Waals surface area contributed by atoms with Gasteiger partial charge in [-0.05, 0) is 116 Å². The van der Waals surface area contributed by atoms with Gasteiger partial charge in [-0.1, -0.05) is 22.3 Å². The van der Waals surface area contributed by atoms with Crippen LogP contribution >= 0.6 is 23.5 Å². The molecule has 4 heterocycles. The normalized spacial score (nSPS) is 31.7. The van der Waals surface area contributed by atoms with E-state index >= 15 is 26.3 Å². The lowest BCUT2D eigenvalue weighted by molar-refractivity contribution is -0.539. The molecule has 2 atom stereocenters. The molecule has 2 aromatic rings. The smallest absolute Gasteiger partial charge is 0.380 e. The summed E-state index contributed by atoms with van der Waals surface area (Å²) in [6.45, 7) is 16.0. The number of amidine groups is 2. The second-order valence-electron chi connectivity index (χ2n) is 17.0. The van der Waals surface area contributed by atoms with Gasteiger partial charge in [0.1, 0.15) is 11.1 Å². The first-order chi connectivity index (χ1) is 24.0. The van der Waals surface area contributed by atoms with Crippen LogP contribution in [0.1, 0.15) is 91.5 Å². The molecule has 0 N–H and O–H groups in total. The van der Waals surface area contributed by atoms with Crippen molar-refractivity contribution in [3.63, 3.8) is 0 Å². The highest BCUT2D eigenvalue weighted by Gasteiger charge is 2.85. The fraction of sp³-hybridized carbons (Fsp3) is 0.514. The van der Waals surface area contributed by atoms with Crippen molar-refractivity contribution in [3.8, 4) is 0 Å². The molecule has 0 spiro atoms. The number of nitrogens with zero attached hydrogens (tertiary/aromatic N) is 4. The van der Waals surface area contributed by atoms with Gasteiger partial charge in [0, 0.05) is 31.4 Å². The quantitative estimate of drug-likeness (QED) is 0.172. The summed E-state index contributed by atoms with van der Waals surface area (Å²) in [4.78, 5) is 0.486. The zero-order chi connectivity index (χ0) is 39.4. The lowest BCUT2D eigenvalue weighted by Gasteiger charge is -2.47. The fourth-order valence-electron chi connectivity index (χ4n) is 8.46. The van der Waals surface area contributed by atoms with E-state index in [1.165, 1.54) is 36.4 Å². The molecule has 16 heteroatoms. The van der Waals surface area contributed by atoms with Gasteiger partial charge in [0.05, 0.1) is 20.6 Å². The Balaban J connectivity index is 1.37. The van der Waals surface area contributed by atoms with E-state index in [0.717, 1.165) is 23.5 Å². The third kappa shape index (κ3) is 3.68. The minimum atomic E-state index is -5.79. The van der Waals surface area contributed by atoms with Crippen molar-refractivity contribution in [3.05, 3.63) is 80.2 Å². The predicted molar refractivity (Wildman–Crippen MR) is 187 cm³/mol. The van der Waals surface area contributed by atoms with Gasteiger partial charge in [0.15, 0.2) is 11.1 Å². The molecule has 1 fully saturated rings. The molecule has 2 radical (unpaired) electrons. The summed E-state index contributed by atoms with van der Waals surface area (Å²) in [5, 5.41) is 55.2. The van der Waals surface area contributed by atoms with Crippen molar-refractivity contribution in [1.29, 1.82) is 0 Å². The van der Waals surface area contributed by atoms with Gasteiger partial charge in [-0.15, -0.1) is 23.5 Å². The Morgan fingerprint density at radius 2 is 0.868 bits per heavy atom. The van der Waals surface area contributed by atoms with Crippen LogP contribution in [0.2, 0.25) is 0 Å². The van der Waals surface area contributed by atoms with Crippen molar-refractivity contribution in [2.75, 3.05) is 0 Å². The predicted octanol–water partition coefficient (Wildman–Crippen LogP) is 8.51. The average Bonchev–Trinajstić information content (AvgIpc) is 3.63. The van der Waals surface area contributed by atoms with Crippen molar-refractivity contribution in [2.45, 2.75) is 128 Å². The molecule has 4 aliphatic heterocycles. The Hall–Kier alpha value is -3.34. The molecule has 6 aliphatic rings. The van der Waals surface area contributed by atoms with Crippen LogP contribution in [0.25, 0.3) is 11.1 Å². The van der Waals surface area contributed by atoms with Gasteiger partial charge in [0.25, 0.3) is 0 Å². The summed E-state index contributed by atoms with van der Waals surface area (Å²) >= 11 is 2.02. The molecule has 0 bridgehead atoms. The number of allylic oxidation sites excluding steroid dienone is 2. The summed E-state index contributed by atoms with van der Waals surface area (Å²) in [7, 11) is 0. The highest BCUT2D eigenvalue weighted by Crippen LogP contribution is 2.78. The third-order valence-corrected chi connectivity index (χ3v) is 16.8. The van der Waals surface area contributed by atoms with Gasteiger partial charge < -0.3 is 10.4 Å². The van der Waals surface area contributed by atoms with Crippen LogP contribution in [0.5, 0.6) is 0 Å². The third-order valence-electron chi connectivity index (χ3n) is 13.5. The molecule has 2 aliphatic carbocycles. The Kier molecular flexibility index (Phi) is 6.71. The maximum absolute atomic E-state index is 16.2. The zero-order valence-corrected chi connectivity index (χ0v) is 32.1. The number of rotatable bonds is 2. The van der Waals surface area contributed by atoms with E-state index in [0.29, 0.717) is 19.6 Å². The summed E-state index contributed by atoms with van der Waals surface area (Å²) in [6, 6.07) is 8.24. The van der Waals surface area contributed by atoms with Gasteiger partial charge in [-0.25, -0.2) is 0 Å².